The second-order valence-corrected chi connectivity index (χ2v) is 6.99. The molecule has 8 heteroatoms. The molecule has 3 aromatic carbocycles. The molecule has 4 rings (SSSR count). The molecule has 0 radical (unpaired) electrons. The standard InChI is InChI=1S/C23H19N5O3/c1-15-7-12-20-19(13-15)22(16-5-3-2-4-6-16)27-23(26-20)24-14-21(29)25-17-8-10-18(11-9-17)28(30)31/h2-13H,14H2,1H3,(H,25,29)(H,24,26,27). The third kappa shape index (κ3) is 4.64. The van der Waals surface area contributed by atoms with Crippen LogP contribution in [0.1, 0.15) is 5.56 Å². The van der Waals surface area contributed by atoms with Gasteiger partial charge in [0.2, 0.25) is 11.9 Å². The smallest absolute Gasteiger partial charge is 0.269 e. The average Bonchev–Trinajstić information content (AvgIpc) is 2.78. The van der Waals surface area contributed by atoms with Gasteiger partial charge in [-0.25, -0.2) is 9.97 Å². The lowest BCUT2D eigenvalue weighted by Crippen LogP contribution is -2.22. The van der Waals surface area contributed by atoms with E-state index in [9.17, 15) is 14.9 Å². The van der Waals surface area contributed by atoms with Gasteiger partial charge in [0.25, 0.3) is 5.69 Å². The molecule has 0 aliphatic heterocycles. The summed E-state index contributed by atoms with van der Waals surface area (Å²) in [6, 6.07) is 21.4. The lowest BCUT2D eigenvalue weighted by atomic mass is 10.0. The van der Waals surface area contributed by atoms with Gasteiger partial charge in [-0.2, -0.15) is 0 Å². The first-order chi connectivity index (χ1) is 15.0. The largest absolute Gasteiger partial charge is 0.345 e. The van der Waals surface area contributed by atoms with Crippen LogP contribution in [0.4, 0.5) is 17.3 Å². The summed E-state index contributed by atoms with van der Waals surface area (Å²) in [6.07, 6.45) is 0. The monoisotopic (exact) mass is 413 g/mol. The third-order valence-electron chi connectivity index (χ3n) is 4.67. The second-order valence-electron chi connectivity index (χ2n) is 6.99. The number of aromatic nitrogens is 2. The molecule has 1 amide bonds. The quantitative estimate of drug-likeness (QED) is 0.354. The topological polar surface area (TPSA) is 110 Å². The van der Waals surface area contributed by atoms with Crippen molar-refractivity contribution < 1.29 is 9.72 Å². The molecular weight excluding hydrogens is 394 g/mol. The number of hydrogen-bond acceptors (Lipinski definition) is 6. The Balaban J connectivity index is 1.54. The molecule has 0 saturated heterocycles. The molecule has 0 atom stereocenters. The number of nitrogens with zero attached hydrogens (tertiary/aromatic N) is 3. The summed E-state index contributed by atoms with van der Waals surface area (Å²) >= 11 is 0. The van der Waals surface area contributed by atoms with E-state index in [1.165, 1.54) is 24.3 Å². The maximum Gasteiger partial charge on any atom is 0.269 e. The highest BCUT2D eigenvalue weighted by molar-refractivity contribution is 5.95. The van der Waals surface area contributed by atoms with Gasteiger partial charge in [-0.15, -0.1) is 0 Å². The number of anilines is 2. The zero-order valence-electron chi connectivity index (χ0n) is 16.7. The molecule has 0 fully saturated rings. The highest BCUT2D eigenvalue weighted by atomic mass is 16.6. The van der Waals surface area contributed by atoms with Crippen LogP contribution in [0, 0.1) is 17.0 Å². The molecule has 0 aliphatic carbocycles. The van der Waals surface area contributed by atoms with E-state index < -0.39 is 4.92 Å². The molecule has 0 saturated carbocycles. The SMILES string of the molecule is Cc1ccc2nc(NCC(=O)Nc3ccc([N+](=O)[O-])cc3)nc(-c3ccccc3)c2c1. The first-order valence-corrected chi connectivity index (χ1v) is 9.61. The maximum atomic E-state index is 12.3. The normalized spacial score (nSPS) is 10.6. The van der Waals surface area contributed by atoms with Gasteiger partial charge in [-0.1, -0.05) is 42.0 Å². The van der Waals surface area contributed by atoms with Crippen molar-refractivity contribution in [2.75, 3.05) is 17.2 Å². The molecule has 1 aromatic heterocycles. The highest BCUT2D eigenvalue weighted by Gasteiger charge is 2.12. The van der Waals surface area contributed by atoms with Crippen molar-refractivity contribution in [3.8, 4) is 11.3 Å². The summed E-state index contributed by atoms with van der Waals surface area (Å²) in [6.45, 7) is 1.96. The highest BCUT2D eigenvalue weighted by Crippen LogP contribution is 2.28. The Bertz CT molecular complexity index is 1260. The van der Waals surface area contributed by atoms with Gasteiger partial charge < -0.3 is 10.6 Å². The number of nitrogens with one attached hydrogen (secondary N) is 2. The van der Waals surface area contributed by atoms with E-state index in [1.807, 2.05) is 55.5 Å². The van der Waals surface area contributed by atoms with Gasteiger partial charge in [0.05, 0.1) is 22.7 Å². The minimum Gasteiger partial charge on any atom is -0.345 e. The van der Waals surface area contributed by atoms with Crippen LogP contribution in [-0.4, -0.2) is 27.3 Å². The van der Waals surface area contributed by atoms with E-state index >= 15 is 0 Å². The number of rotatable bonds is 6. The molecule has 0 aliphatic rings. The van der Waals surface area contributed by atoms with Crippen LogP contribution >= 0.6 is 0 Å². The van der Waals surface area contributed by atoms with Gasteiger partial charge >= 0.3 is 0 Å². The molecule has 0 unspecified atom stereocenters. The van der Waals surface area contributed by atoms with Crippen LogP contribution in [0.15, 0.2) is 72.8 Å². The zero-order chi connectivity index (χ0) is 21.8. The van der Waals surface area contributed by atoms with E-state index in [2.05, 4.69) is 20.6 Å². The first kappa shape index (κ1) is 20.0. The number of amides is 1. The predicted octanol–water partition coefficient (Wildman–Crippen LogP) is 4.56. The van der Waals surface area contributed by atoms with Crippen molar-refractivity contribution in [2.24, 2.45) is 0 Å². The number of fused-ring (bicyclic) bond motifs is 1. The molecule has 0 spiro atoms. The summed E-state index contributed by atoms with van der Waals surface area (Å²) in [5.74, 6) is 0.0248. The Hall–Kier alpha value is -4.33. The zero-order valence-corrected chi connectivity index (χ0v) is 16.7. The minimum atomic E-state index is -0.490. The Morgan fingerprint density at radius 3 is 2.45 bits per heavy atom. The van der Waals surface area contributed by atoms with Crippen LogP contribution in [0.2, 0.25) is 0 Å². The summed E-state index contributed by atoms with van der Waals surface area (Å²) in [5, 5.41) is 17.3. The Morgan fingerprint density at radius 2 is 1.74 bits per heavy atom. The molecule has 4 aromatic rings. The van der Waals surface area contributed by atoms with Gasteiger partial charge in [0, 0.05) is 28.8 Å². The van der Waals surface area contributed by atoms with Crippen molar-refractivity contribution in [3.05, 3.63) is 88.5 Å². The van der Waals surface area contributed by atoms with E-state index in [-0.39, 0.29) is 18.1 Å². The molecular formula is C23H19N5O3. The molecule has 2 N–H and O–H groups in total. The number of nitro benzene ring substituents is 1. The Morgan fingerprint density at radius 1 is 1.00 bits per heavy atom. The molecule has 8 nitrogen and oxygen atoms in total. The van der Waals surface area contributed by atoms with E-state index in [1.54, 1.807) is 0 Å². The Labute approximate surface area is 178 Å². The Kier molecular flexibility index (Phi) is 5.53. The van der Waals surface area contributed by atoms with Crippen LogP contribution < -0.4 is 10.6 Å². The van der Waals surface area contributed by atoms with Crippen LogP contribution in [-0.2, 0) is 4.79 Å². The van der Waals surface area contributed by atoms with Crippen molar-refractivity contribution in [2.45, 2.75) is 6.92 Å². The maximum absolute atomic E-state index is 12.3. The van der Waals surface area contributed by atoms with Crippen molar-refractivity contribution in [1.82, 2.24) is 9.97 Å². The fraction of sp³-hybridized carbons (Fsp3) is 0.0870. The fourth-order valence-electron chi connectivity index (χ4n) is 3.17. The fourth-order valence-corrected chi connectivity index (χ4v) is 3.17. The summed E-state index contributed by atoms with van der Waals surface area (Å²) in [5.41, 5.74) is 4.06. The van der Waals surface area contributed by atoms with Gasteiger partial charge in [-0.3, -0.25) is 14.9 Å². The summed E-state index contributed by atoms with van der Waals surface area (Å²) in [7, 11) is 0. The molecule has 1 heterocycles. The van der Waals surface area contributed by atoms with Crippen LogP contribution in [0.5, 0.6) is 0 Å². The van der Waals surface area contributed by atoms with Gasteiger partial charge in [0.15, 0.2) is 0 Å². The third-order valence-corrected chi connectivity index (χ3v) is 4.67. The number of carbonyl (C=O) groups excluding carboxylic acids is 1. The van der Waals surface area contributed by atoms with Gasteiger partial charge in [-0.05, 0) is 31.2 Å². The molecule has 0 bridgehead atoms. The minimum absolute atomic E-state index is 0.0376. The lowest BCUT2D eigenvalue weighted by Gasteiger charge is -2.11. The van der Waals surface area contributed by atoms with E-state index in [4.69, 9.17) is 0 Å². The second kappa shape index (κ2) is 8.58. The number of carbonyl (C=O) groups is 1. The number of non-ortho nitro benzene ring substituents is 1. The van der Waals surface area contributed by atoms with Crippen molar-refractivity contribution in [3.63, 3.8) is 0 Å². The lowest BCUT2D eigenvalue weighted by molar-refractivity contribution is -0.384. The van der Waals surface area contributed by atoms with E-state index in [0.717, 1.165) is 27.7 Å². The molecule has 154 valence electrons. The summed E-state index contributed by atoms with van der Waals surface area (Å²) < 4.78 is 0. The first-order valence-electron chi connectivity index (χ1n) is 9.61. The number of hydrogen-bond donors (Lipinski definition) is 2. The van der Waals surface area contributed by atoms with Crippen molar-refractivity contribution >= 4 is 34.1 Å². The summed E-state index contributed by atoms with van der Waals surface area (Å²) in [4.78, 5) is 31.7. The van der Waals surface area contributed by atoms with Crippen LogP contribution in [0.3, 0.4) is 0 Å². The van der Waals surface area contributed by atoms with E-state index in [0.29, 0.717) is 11.6 Å². The number of benzene rings is 3. The van der Waals surface area contributed by atoms with Crippen LogP contribution in [0.25, 0.3) is 22.2 Å². The number of nitro groups is 1. The average molecular weight is 413 g/mol. The van der Waals surface area contributed by atoms with Gasteiger partial charge in [0.1, 0.15) is 0 Å². The molecule has 31 heavy (non-hydrogen) atoms. The van der Waals surface area contributed by atoms with Crippen molar-refractivity contribution in [1.29, 1.82) is 0 Å². The predicted molar refractivity (Wildman–Crippen MR) is 120 cm³/mol. The number of aryl methyl sites for hydroxylation is 1.